The third-order valence-electron chi connectivity index (χ3n) is 5.20. The zero-order chi connectivity index (χ0) is 20.7. The van der Waals surface area contributed by atoms with Crippen LogP contribution in [-0.4, -0.2) is 54.9 Å². The molecule has 0 saturated carbocycles. The number of ether oxygens (including phenoxy) is 1. The summed E-state index contributed by atoms with van der Waals surface area (Å²) in [5, 5.41) is 7.55. The first-order valence-electron chi connectivity index (χ1n) is 9.25. The van der Waals surface area contributed by atoms with Crippen LogP contribution in [0.3, 0.4) is 0 Å². The molecule has 1 aliphatic rings. The molecule has 1 amide bonds. The van der Waals surface area contributed by atoms with Crippen LogP contribution in [0.2, 0.25) is 0 Å². The first kappa shape index (κ1) is 18.8. The molecule has 1 unspecified atom stereocenters. The quantitative estimate of drug-likeness (QED) is 0.649. The van der Waals surface area contributed by atoms with Gasteiger partial charge in [-0.3, -0.25) is 14.3 Å². The minimum Gasteiger partial charge on any atom is -0.478 e. The Morgan fingerprint density at radius 1 is 1.34 bits per heavy atom. The zero-order valence-corrected chi connectivity index (χ0v) is 16.6. The normalized spacial score (nSPS) is 16.4. The number of nitrogens with one attached hydrogen (secondary N) is 1. The lowest BCUT2D eigenvalue weighted by molar-refractivity contribution is -0.125. The summed E-state index contributed by atoms with van der Waals surface area (Å²) in [6.07, 6.45) is 7.17. The Balaban J connectivity index is 1.79. The van der Waals surface area contributed by atoms with E-state index in [0.717, 1.165) is 0 Å². The summed E-state index contributed by atoms with van der Waals surface area (Å²) in [7, 11) is 5.14. The van der Waals surface area contributed by atoms with Crippen molar-refractivity contribution in [1.82, 2.24) is 28.8 Å². The average molecular weight is 397 g/mol. The maximum absolute atomic E-state index is 13.2. The van der Waals surface area contributed by atoms with Gasteiger partial charge in [0.05, 0.1) is 31.4 Å². The van der Waals surface area contributed by atoms with E-state index in [1.165, 1.54) is 6.08 Å². The van der Waals surface area contributed by atoms with E-state index in [4.69, 9.17) is 4.74 Å². The van der Waals surface area contributed by atoms with E-state index in [1.54, 1.807) is 58.6 Å². The van der Waals surface area contributed by atoms with Gasteiger partial charge in [0.2, 0.25) is 5.91 Å². The third-order valence-corrected chi connectivity index (χ3v) is 5.20. The molecule has 1 aliphatic heterocycles. The van der Waals surface area contributed by atoms with Gasteiger partial charge in [0.15, 0.2) is 0 Å². The van der Waals surface area contributed by atoms with Gasteiger partial charge in [-0.25, -0.2) is 4.98 Å². The second kappa shape index (κ2) is 7.12. The molecule has 0 radical (unpaired) electrons. The summed E-state index contributed by atoms with van der Waals surface area (Å²) in [5.41, 5.74) is 2.26. The van der Waals surface area contributed by atoms with Crippen molar-refractivity contribution in [1.29, 1.82) is 0 Å². The van der Waals surface area contributed by atoms with Crippen molar-refractivity contribution in [3.8, 4) is 5.88 Å². The van der Waals surface area contributed by atoms with Gasteiger partial charge in [-0.05, 0) is 12.5 Å². The molecule has 29 heavy (non-hydrogen) atoms. The van der Waals surface area contributed by atoms with Crippen molar-refractivity contribution in [2.75, 3.05) is 25.5 Å². The van der Waals surface area contributed by atoms with Crippen molar-refractivity contribution in [3.63, 3.8) is 0 Å². The maximum atomic E-state index is 13.2. The van der Waals surface area contributed by atoms with Gasteiger partial charge in [0.25, 0.3) is 11.4 Å². The number of pyridine rings is 1. The van der Waals surface area contributed by atoms with Gasteiger partial charge < -0.3 is 24.1 Å². The van der Waals surface area contributed by atoms with Crippen LogP contribution in [0.25, 0.3) is 11.0 Å². The number of rotatable bonds is 5. The van der Waals surface area contributed by atoms with Crippen LogP contribution in [0.15, 0.2) is 36.2 Å². The molecule has 0 aromatic carbocycles. The van der Waals surface area contributed by atoms with E-state index < -0.39 is 0 Å². The van der Waals surface area contributed by atoms with E-state index >= 15 is 0 Å². The highest BCUT2D eigenvalue weighted by Crippen LogP contribution is 2.30. The molecular formula is C19H23N7O3. The summed E-state index contributed by atoms with van der Waals surface area (Å²) in [5.74, 6) is 0.318. The van der Waals surface area contributed by atoms with Crippen molar-refractivity contribution in [3.05, 3.63) is 41.7 Å². The first-order chi connectivity index (χ1) is 13.9. The number of aryl methyl sites for hydroxylation is 2. The molecule has 3 aromatic heterocycles. The molecule has 4 heterocycles. The molecule has 10 heteroatoms. The highest BCUT2D eigenvalue weighted by molar-refractivity contribution is 5.90. The molecule has 0 aliphatic carbocycles. The molecule has 4 rings (SSSR count). The predicted molar refractivity (Wildman–Crippen MR) is 108 cm³/mol. The number of hydrogen-bond donors (Lipinski definition) is 1. The second-order valence-electron chi connectivity index (χ2n) is 7.09. The van der Waals surface area contributed by atoms with Gasteiger partial charge in [-0.15, -0.1) is 5.10 Å². The molecule has 1 saturated heterocycles. The second-order valence-corrected chi connectivity index (χ2v) is 7.09. The molecule has 3 aromatic rings. The Morgan fingerprint density at radius 2 is 2.14 bits per heavy atom. The minimum atomic E-state index is -0.137. The van der Waals surface area contributed by atoms with E-state index in [1.807, 2.05) is 0 Å². The summed E-state index contributed by atoms with van der Waals surface area (Å²) in [6.45, 7) is 4.59. The summed E-state index contributed by atoms with van der Waals surface area (Å²) in [4.78, 5) is 31.2. The Kier molecular flexibility index (Phi) is 4.61. The maximum Gasteiger partial charge on any atom is 0.277 e. The lowest BCUT2D eigenvalue weighted by atomic mass is 10.2. The number of amides is 1. The van der Waals surface area contributed by atoms with Gasteiger partial charge >= 0.3 is 0 Å². The van der Waals surface area contributed by atoms with Gasteiger partial charge in [0.1, 0.15) is 16.7 Å². The van der Waals surface area contributed by atoms with E-state index in [-0.39, 0.29) is 17.5 Å². The zero-order valence-electron chi connectivity index (χ0n) is 16.6. The molecular weight excluding hydrogens is 374 g/mol. The number of aromatic nitrogens is 5. The summed E-state index contributed by atoms with van der Waals surface area (Å²) < 4.78 is 10.4. The fourth-order valence-electron chi connectivity index (χ4n) is 3.77. The van der Waals surface area contributed by atoms with Crippen molar-refractivity contribution < 1.29 is 9.53 Å². The SMILES string of the molecule is C=CC(=O)N1CCC(n2cc(Nc3cn(C)nc3OC)c3ncn(C)c3c2=O)C1. The number of likely N-dealkylation sites (tertiary alicyclic amines) is 1. The number of fused-ring (bicyclic) bond motifs is 1. The highest BCUT2D eigenvalue weighted by atomic mass is 16.5. The summed E-state index contributed by atoms with van der Waals surface area (Å²) >= 11 is 0. The van der Waals surface area contributed by atoms with E-state index in [9.17, 15) is 9.59 Å². The van der Waals surface area contributed by atoms with Gasteiger partial charge in [-0.2, -0.15) is 0 Å². The van der Waals surface area contributed by atoms with Crippen molar-refractivity contribution >= 4 is 28.3 Å². The first-order valence-corrected chi connectivity index (χ1v) is 9.25. The number of nitrogens with zero attached hydrogens (tertiary/aromatic N) is 6. The molecule has 0 spiro atoms. The fourth-order valence-corrected chi connectivity index (χ4v) is 3.77. The standard InChI is InChI=1S/C19H23N7O3/c1-5-15(27)25-7-6-12(8-25)26-10-13(16-17(19(26)28)23(2)11-20-16)21-14-9-24(3)22-18(14)29-4/h5,9-12,21H,1,6-8H2,2-4H3. The van der Waals surface area contributed by atoms with Crippen LogP contribution in [0.4, 0.5) is 11.4 Å². The molecule has 1 N–H and O–H groups in total. The minimum absolute atomic E-state index is 0.123. The molecule has 152 valence electrons. The van der Waals surface area contributed by atoms with Crippen LogP contribution < -0.4 is 15.6 Å². The van der Waals surface area contributed by atoms with Crippen LogP contribution in [-0.2, 0) is 18.9 Å². The predicted octanol–water partition coefficient (Wildman–Crippen LogP) is 1.18. The van der Waals surface area contributed by atoms with Crippen LogP contribution in [0.5, 0.6) is 5.88 Å². The third kappa shape index (κ3) is 3.16. The van der Waals surface area contributed by atoms with Gasteiger partial charge in [0, 0.05) is 33.4 Å². The summed E-state index contributed by atoms with van der Waals surface area (Å²) in [6, 6.07) is -0.123. The van der Waals surface area contributed by atoms with E-state index in [2.05, 4.69) is 22.0 Å². The van der Waals surface area contributed by atoms with Crippen molar-refractivity contribution in [2.45, 2.75) is 12.5 Å². The van der Waals surface area contributed by atoms with E-state index in [0.29, 0.717) is 47.8 Å². The van der Waals surface area contributed by atoms with Crippen molar-refractivity contribution in [2.24, 2.45) is 14.1 Å². The number of carbonyl (C=O) groups excluding carboxylic acids is 1. The number of anilines is 2. The number of hydrogen-bond acceptors (Lipinski definition) is 6. The largest absolute Gasteiger partial charge is 0.478 e. The lowest BCUT2D eigenvalue weighted by Gasteiger charge is -2.18. The Labute approximate surface area is 167 Å². The van der Waals surface area contributed by atoms with Crippen LogP contribution in [0, 0.1) is 0 Å². The van der Waals surface area contributed by atoms with Gasteiger partial charge in [-0.1, -0.05) is 6.58 Å². The Bertz CT molecular complexity index is 1160. The fraction of sp³-hybridized carbons (Fsp3) is 0.368. The molecule has 10 nitrogen and oxygen atoms in total. The Hall–Kier alpha value is -3.56. The lowest BCUT2D eigenvalue weighted by Crippen LogP contribution is -2.30. The van der Waals surface area contributed by atoms with Crippen LogP contribution >= 0.6 is 0 Å². The number of methoxy groups -OCH3 is 1. The molecule has 1 atom stereocenters. The smallest absolute Gasteiger partial charge is 0.277 e. The highest BCUT2D eigenvalue weighted by Gasteiger charge is 2.28. The Morgan fingerprint density at radius 3 is 2.86 bits per heavy atom. The average Bonchev–Trinajstić information content (AvgIpc) is 3.42. The monoisotopic (exact) mass is 397 g/mol. The topological polar surface area (TPSA) is 99.2 Å². The molecule has 0 bridgehead atoms. The van der Waals surface area contributed by atoms with Crippen LogP contribution in [0.1, 0.15) is 12.5 Å². The number of carbonyl (C=O) groups is 1. The number of imidazole rings is 1. The molecule has 1 fully saturated rings.